The van der Waals surface area contributed by atoms with Gasteiger partial charge in [-0.1, -0.05) is 37.9 Å². The Hall–Kier alpha value is -2.18. The molecule has 1 aliphatic heterocycles. The molecule has 3 heterocycles. The zero-order chi connectivity index (χ0) is 22.9. The normalized spacial score (nSPS) is 18.6. The van der Waals surface area contributed by atoms with Crippen LogP contribution in [-0.2, 0) is 19.3 Å². The van der Waals surface area contributed by atoms with Crippen LogP contribution in [0.15, 0.2) is 24.3 Å². The Balaban J connectivity index is 1.42. The molecule has 1 aliphatic carbocycles. The highest BCUT2D eigenvalue weighted by Gasteiger charge is 2.28. The van der Waals surface area contributed by atoms with Gasteiger partial charge in [-0.05, 0) is 55.4 Å². The Bertz CT molecular complexity index is 1170. The van der Waals surface area contributed by atoms with Gasteiger partial charge in [0.1, 0.15) is 16.5 Å². The van der Waals surface area contributed by atoms with Crippen LogP contribution in [0.4, 0.5) is 5.82 Å². The fraction of sp³-hybridized carbons (Fsp3) is 0.500. The molecule has 3 aromatic rings. The molecule has 0 radical (unpaired) electrons. The number of hydrogen-bond acceptors (Lipinski definition) is 5. The Morgan fingerprint density at radius 1 is 1.21 bits per heavy atom. The molecule has 2 aliphatic rings. The Morgan fingerprint density at radius 3 is 2.79 bits per heavy atom. The predicted octanol–water partition coefficient (Wildman–Crippen LogP) is 5.77. The minimum absolute atomic E-state index is 0.0514. The number of aryl methyl sites for hydroxylation is 2. The number of amides is 1. The summed E-state index contributed by atoms with van der Waals surface area (Å²) in [6, 6.07) is 7.23. The number of benzene rings is 1. The average molecular weight is 483 g/mol. The quantitative estimate of drug-likeness (QED) is 0.463. The number of fused-ring (bicyclic) bond motifs is 3. The molecule has 174 valence electrons. The van der Waals surface area contributed by atoms with Gasteiger partial charge in [-0.15, -0.1) is 11.3 Å². The van der Waals surface area contributed by atoms with Gasteiger partial charge in [0, 0.05) is 48.1 Å². The van der Waals surface area contributed by atoms with Crippen molar-refractivity contribution in [3.8, 4) is 0 Å². The van der Waals surface area contributed by atoms with E-state index in [4.69, 9.17) is 21.6 Å². The third-order valence-corrected chi connectivity index (χ3v) is 8.26. The number of anilines is 1. The number of piperazine rings is 1. The predicted molar refractivity (Wildman–Crippen MR) is 137 cm³/mol. The summed E-state index contributed by atoms with van der Waals surface area (Å²) in [6.07, 6.45) is 6.67. The number of aromatic nitrogens is 2. The van der Waals surface area contributed by atoms with Crippen molar-refractivity contribution in [2.45, 2.75) is 52.4 Å². The monoisotopic (exact) mass is 482 g/mol. The zero-order valence-corrected chi connectivity index (χ0v) is 21.0. The summed E-state index contributed by atoms with van der Waals surface area (Å²) in [4.78, 5) is 30.1. The summed E-state index contributed by atoms with van der Waals surface area (Å²) in [6.45, 7) is 7.50. The molecule has 33 heavy (non-hydrogen) atoms. The maximum Gasteiger partial charge on any atom is 0.254 e. The standard InChI is InChI=1S/C26H31ClN4OS/c1-3-4-8-22-28-24(23-20-10-9-17(2)15-21(20)33-25(23)29-22)30-11-13-31(14-12-30)26(32)18-6-5-7-19(27)16-18/h5-7,16-17H,3-4,8-15H2,1-2H3. The van der Waals surface area contributed by atoms with E-state index in [2.05, 4.69) is 18.7 Å². The number of unbranched alkanes of at least 4 members (excludes halogenated alkanes) is 1. The lowest BCUT2D eigenvalue weighted by atomic mass is 9.89. The van der Waals surface area contributed by atoms with Gasteiger partial charge in [-0.3, -0.25) is 4.79 Å². The third-order valence-electron chi connectivity index (χ3n) is 6.87. The Morgan fingerprint density at radius 2 is 2.03 bits per heavy atom. The van der Waals surface area contributed by atoms with Gasteiger partial charge in [0.25, 0.3) is 5.91 Å². The fourth-order valence-electron chi connectivity index (χ4n) is 4.97. The molecule has 0 N–H and O–H groups in total. The number of rotatable bonds is 5. The summed E-state index contributed by atoms with van der Waals surface area (Å²) in [5.41, 5.74) is 2.13. The van der Waals surface area contributed by atoms with Crippen molar-refractivity contribution in [2.24, 2.45) is 5.92 Å². The van der Waals surface area contributed by atoms with Gasteiger partial charge in [0.05, 0.1) is 5.39 Å². The molecular formula is C26H31ClN4OS. The lowest BCUT2D eigenvalue weighted by Crippen LogP contribution is -2.49. The molecule has 1 aromatic carbocycles. The number of thiophene rings is 1. The van der Waals surface area contributed by atoms with Crippen LogP contribution in [0.3, 0.4) is 0 Å². The topological polar surface area (TPSA) is 49.3 Å². The Kier molecular flexibility index (Phi) is 6.57. The minimum atomic E-state index is 0.0514. The zero-order valence-electron chi connectivity index (χ0n) is 19.4. The molecule has 0 bridgehead atoms. The van der Waals surface area contributed by atoms with Gasteiger partial charge in [-0.2, -0.15) is 0 Å². The van der Waals surface area contributed by atoms with Gasteiger partial charge in [-0.25, -0.2) is 9.97 Å². The van der Waals surface area contributed by atoms with E-state index in [-0.39, 0.29) is 5.91 Å². The van der Waals surface area contributed by atoms with E-state index in [0.29, 0.717) is 23.7 Å². The summed E-state index contributed by atoms with van der Waals surface area (Å²) >= 11 is 7.98. The van der Waals surface area contributed by atoms with Crippen LogP contribution in [0, 0.1) is 5.92 Å². The second-order valence-corrected chi connectivity index (χ2v) is 10.9. The highest BCUT2D eigenvalue weighted by atomic mass is 35.5. The lowest BCUT2D eigenvalue weighted by Gasteiger charge is -2.36. The molecule has 1 atom stereocenters. The summed E-state index contributed by atoms with van der Waals surface area (Å²) < 4.78 is 0. The van der Waals surface area contributed by atoms with Crippen LogP contribution >= 0.6 is 22.9 Å². The molecular weight excluding hydrogens is 452 g/mol. The van der Waals surface area contributed by atoms with Crippen LogP contribution < -0.4 is 4.90 Å². The number of halogens is 1. The molecule has 1 amide bonds. The average Bonchev–Trinajstić information content (AvgIpc) is 3.19. The first-order valence-electron chi connectivity index (χ1n) is 12.1. The van der Waals surface area contributed by atoms with Crippen LogP contribution in [-0.4, -0.2) is 47.0 Å². The molecule has 7 heteroatoms. The fourth-order valence-corrected chi connectivity index (χ4v) is 6.55. The molecule has 2 aromatic heterocycles. The van der Waals surface area contributed by atoms with Gasteiger partial charge in [0.15, 0.2) is 0 Å². The minimum Gasteiger partial charge on any atom is -0.352 e. The number of carbonyl (C=O) groups is 1. The van der Waals surface area contributed by atoms with E-state index >= 15 is 0 Å². The number of hydrogen-bond donors (Lipinski definition) is 0. The van der Waals surface area contributed by atoms with E-state index in [1.54, 1.807) is 12.1 Å². The van der Waals surface area contributed by atoms with Crippen molar-refractivity contribution >= 4 is 44.9 Å². The maximum atomic E-state index is 13.0. The van der Waals surface area contributed by atoms with Crippen LogP contribution in [0.2, 0.25) is 5.02 Å². The first-order valence-corrected chi connectivity index (χ1v) is 13.3. The van der Waals surface area contributed by atoms with E-state index in [9.17, 15) is 4.79 Å². The van der Waals surface area contributed by atoms with Crippen molar-refractivity contribution in [3.05, 3.63) is 51.1 Å². The van der Waals surface area contributed by atoms with Crippen LogP contribution in [0.5, 0.6) is 0 Å². The smallest absolute Gasteiger partial charge is 0.254 e. The summed E-state index contributed by atoms with van der Waals surface area (Å²) in [5.74, 6) is 2.84. The number of carbonyl (C=O) groups excluding carboxylic acids is 1. The van der Waals surface area contributed by atoms with Gasteiger partial charge >= 0.3 is 0 Å². The second kappa shape index (κ2) is 9.59. The number of nitrogens with zero attached hydrogens (tertiary/aromatic N) is 4. The maximum absolute atomic E-state index is 13.0. The van der Waals surface area contributed by atoms with E-state index in [0.717, 1.165) is 67.6 Å². The molecule has 1 fully saturated rings. The lowest BCUT2D eigenvalue weighted by molar-refractivity contribution is 0.0746. The van der Waals surface area contributed by atoms with E-state index in [1.807, 2.05) is 28.4 Å². The molecule has 0 spiro atoms. The van der Waals surface area contributed by atoms with Crippen molar-refractivity contribution in [1.29, 1.82) is 0 Å². The van der Waals surface area contributed by atoms with Crippen molar-refractivity contribution in [1.82, 2.24) is 14.9 Å². The van der Waals surface area contributed by atoms with Crippen LogP contribution in [0.1, 0.15) is 59.7 Å². The third kappa shape index (κ3) is 4.60. The summed E-state index contributed by atoms with van der Waals surface area (Å²) in [7, 11) is 0. The second-order valence-electron chi connectivity index (χ2n) is 9.39. The Labute approximate surface area is 204 Å². The highest BCUT2D eigenvalue weighted by Crippen LogP contribution is 2.41. The summed E-state index contributed by atoms with van der Waals surface area (Å²) in [5, 5.41) is 1.87. The molecule has 0 saturated carbocycles. The van der Waals surface area contributed by atoms with Gasteiger partial charge in [0.2, 0.25) is 0 Å². The van der Waals surface area contributed by atoms with Crippen molar-refractivity contribution in [2.75, 3.05) is 31.1 Å². The molecule has 1 unspecified atom stereocenters. The molecule has 1 saturated heterocycles. The SMILES string of the molecule is CCCCc1nc(N2CCN(C(=O)c3cccc(Cl)c3)CC2)c2c3c(sc2n1)CC(C)CC3. The van der Waals surface area contributed by atoms with E-state index < -0.39 is 0 Å². The first kappa shape index (κ1) is 22.6. The molecule has 5 rings (SSSR count). The van der Waals surface area contributed by atoms with Crippen molar-refractivity contribution in [3.63, 3.8) is 0 Å². The van der Waals surface area contributed by atoms with Crippen molar-refractivity contribution < 1.29 is 4.79 Å². The van der Waals surface area contributed by atoms with Crippen LogP contribution in [0.25, 0.3) is 10.2 Å². The highest BCUT2D eigenvalue weighted by molar-refractivity contribution is 7.19. The molecule has 5 nitrogen and oxygen atoms in total. The largest absolute Gasteiger partial charge is 0.352 e. The van der Waals surface area contributed by atoms with E-state index in [1.165, 1.54) is 22.2 Å². The van der Waals surface area contributed by atoms with Gasteiger partial charge < -0.3 is 9.80 Å². The first-order chi connectivity index (χ1) is 16.0.